The minimum Gasteiger partial charge on any atom is -0.438 e. The first-order valence-corrected chi connectivity index (χ1v) is 20.2. The molecule has 0 saturated heterocycles. The molecule has 0 aromatic carbocycles. The van der Waals surface area contributed by atoms with Gasteiger partial charge in [-0.3, -0.25) is 0 Å². The molecule has 148 valence electrons. The average molecular weight is 489 g/mol. The largest absolute Gasteiger partial charge is 1.00 e. The van der Waals surface area contributed by atoms with E-state index in [9.17, 15) is 0 Å². The van der Waals surface area contributed by atoms with Gasteiger partial charge in [0.2, 0.25) is 0 Å². The zero-order chi connectivity index (χ0) is 28.2. The van der Waals surface area contributed by atoms with E-state index < -0.39 is 73.6 Å². The molecule has 0 aromatic rings. The molecule has 0 aliphatic rings. The van der Waals surface area contributed by atoms with Crippen LogP contribution in [-0.2, 0) is 8.23 Å². The van der Waals surface area contributed by atoms with Crippen LogP contribution in [0.1, 0.15) is 0 Å². The molecular formula is C10H22B20Li2O2Si3. The van der Waals surface area contributed by atoms with Gasteiger partial charge in [0.05, 0.1) is 0 Å². The predicted octanol–water partition coefficient (Wildman–Crippen LogP) is -10.3. The zero-order valence-electron chi connectivity index (χ0n) is 24.3. The second-order valence-corrected chi connectivity index (χ2v) is 22.7. The zero-order valence-corrected chi connectivity index (χ0v) is 27.3. The van der Waals surface area contributed by atoms with E-state index in [-0.39, 0.29) is 37.7 Å². The van der Waals surface area contributed by atoms with E-state index in [1.807, 2.05) is 39.3 Å². The van der Waals surface area contributed by atoms with E-state index in [1.165, 1.54) is 14.1 Å². The number of hydrogen-bond acceptors (Lipinski definition) is 2. The van der Waals surface area contributed by atoms with Crippen LogP contribution < -0.4 is 37.7 Å². The van der Waals surface area contributed by atoms with Crippen LogP contribution in [0.5, 0.6) is 0 Å². The number of rotatable bonds is 16. The molecule has 0 bridgehead atoms. The molecule has 0 rings (SSSR count). The molecule has 2 atom stereocenters. The van der Waals surface area contributed by atoms with Crippen molar-refractivity contribution in [2.45, 2.75) is 48.8 Å². The molecule has 0 aliphatic carbocycles. The van der Waals surface area contributed by atoms with Crippen molar-refractivity contribution in [1.82, 2.24) is 0 Å². The molecule has 0 saturated carbocycles. The summed E-state index contributed by atoms with van der Waals surface area (Å²) in [5, 5.41) is 0. The summed E-state index contributed by atoms with van der Waals surface area (Å²) < 4.78 is 11.5. The average Bonchev–Trinajstić information content (AvgIpc) is 2.70. The third-order valence-electron chi connectivity index (χ3n) is 7.32. The summed E-state index contributed by atoms with van der Waals surface area (Å²) in [6, 6.07) is 0. The fourth-order valence-electron chi connectivity index (χ4n) is 5.88. The van der Waals surface area contributed by atoms with Crippen molar-refractivity contribution in [3.05, 3.63) is 13.6 Å². The first kappa shape index (κ1) is 44.5. The van der Waals surface area contributed by atoms with Crippen LogP contribution >= 0.6 is 0 Å². The summed E-state index contributed by atoms with van der Waals surface area (Å²) in [6.45, 7) is 14.4. The molecule has 2 nitrogen and oxygen atoms in total. The van der Waals surface area contributed by atoms with Gasteiger partial charge in [-0.2, -0.15) is 0 Å². The van der Waals surface area contributed by atoms with Crippen LogP contribution in [0.25, 0.3) is 0 Å². The Kier molecular flexibility index (Phi) is 20.9. The maximum absolute atomic E-state index is 6.85. The molecule has 0 aromatic heterocycles. The Morgan fingerprint density at radius 1 is 0.568 bits per heavy atom. The molecule has 0 spiro atoms. The Labute approximate surface area is 276 Å². The minimum absolute atomic E-state index is 0. The third kappa shape index (κ3) is 9.04. The van der Waals surface area contributed by atoms with E-state index in [4.69, 9.17) is 85.6 Å². The van der Waals surface area contributed by atoms with Crippen molar-refractivity contribution in [3.8, 4) is 0 Å². The quantitative estimate of drug-likeness (QED) is 0.159. The molecule has 0 fully saturated rings. The SMILES string of the molecule is [B][B]B([B])C(B([B])[B])(B([B])[B][CH2-])[Si](C)(C)O[Si](C)(C)O[Si](C)(C)C(B([B])[B])(B([B])[B][B])B([B])[B][CH2-].[Li+].[Li+]. The van der Waals surface area contributed by atoms with Crippen LogP contribution in [0.2, 0.25) is 48.8 Å². The van der Waals surface area contributed by atoms with Crippen LogP contribution in [0.3, 0.4) is 0 Å². The number of hydrogen-bond donors (Lipinski definition) is 0. The standard InChI is InChI=1S/C10H22B20O2Si3.2Li/c1-21-27(17)9(25(13)14,29(19)23-11)33(3,4)31-35(7,8)32-34(5,6)10(26(15)16,28(18)22-2)30(20)24-12;;/h1-2H2,3-8H3;;/q-2;2*+1. The summed E-state index contributed by atoms with van der Waals surface area (Å²) in [7, 11) is 59.7. The second kappa shape index (κ2) is 17.4. The topological polar surface area (TPSA) is 18.5 Å². The van der Waals surface area contributed by atoms with Crippen molar-refractivity contribution in [3.63, 3.8) is 0 Å². The maximum atomic E-state index is 6.85. The summed E-state index contributed by atoms with van der Waals surface area (Å²) >= 11 is 0. The molecule has 0 heterocycles. The molecule has 0 amide bonds. The van der Waals surface area contributed by atoms with Crippen molar-refractivity contribution in [2.75, 3.05) is 0 Å². The summed E-state index contributed by atoms with van der Waals surface area (Å²) in [6.07, 6.45) is 0. The van der Waals surface area contributed by atoms with Crippen LogP contribution in [0.15, 0.2) is 0 Å². The maximum Gasteiger partial charge on any atom is 1.00 e. The molecule has 37 heavy (non-hydrogen) atoms. The molecule has 0 N–H and O–H groups in total. The summed E-state index contributed by atoms with van der Waals surface area (Å²) in [4.78, 5) is 0. The van der Waals surface area contributed by atoms with E-state index in [1.54, 1.807) is 14.3 Å². The Morgan fingerprint density at radius 3 is 0.973 bits per heavy atom. The third-order valence-corrected chi connectivity index (χ3v) is 21.5. The van der Waals surface area contributed by atoms with E-state index in [0.29, 0.717) is 0 Å². The van der Waals surface area contributed by atoms with Gasteiger partial charge >= 0.3 is 46.3 Å². The van der Waals surface area contributed by atoms with E-state index in [0.717, 1.165) is 0 Å². The second-order valence-electron chi connectivity index (χ2n) is 10.5. The predicted molar refractivity (Wildman–Crippen MR) is 186 cm³/mol. The normalized spacial score (nSPS) is 14.7. The fourth-order valence-corrected chi connectivity index (χ4v) is 22.9. The molecule has 0 aliphatic heterocycles. The van der Waals surface area contributed by atoms with Gasteiger partial charge in [-0.1, -0.05) is 0 Å². The van der Waals surface area contributed by atoms with Crippen LogP contribution in [0.4, 0.5) is 0 Å². The van der Waals surface area contributed by atoms with Gasteiger partial charge in [-0.15, -0.1) is 23.8 Å². The van der Waals surface area contributed by atoms with Crippen molar-refractivity contribution >= 4 is 170 Å². The summed E-state index contributed by atoms with van der Waals surface area (Å²) in [5.74, 6) is 0. The van der Waals surface area contributed by atoms with Crippen molar-refractivity contribution in [2.24, 2.45) is 0 Å². The first-order chi connectivity index (χ1) is 15.7. The fraction of sp³-hybridized carbons (Fsp3) is 0.800. The van der Waals surface area contributed by atoms with Gasteiger partial charge in [0.1, 0.15) is 0 Å². The van der Waals surface area contributed by atoms with Crippen LogP contribution in [0, 0.1) is 13.6 Å². The minimum atomic E-state index is -3.02. The molecule has 27 heteroatoms. The smallest absolute Gasteiger partial charge is 0.438 e. The molecule has 24 radical (unpaired) electrons. The van der Waals surface area contributed by atoms with Gasteiger partial charge in [0, 0.05) is 130 Å². The van der Waals surface area contributed by atoms with E-state index in [2.05, 4.69) is 13.6 Å². The van der Waals surface area contributed by atoms with Gasteiger partial charge in [0.25, 0.3) is 0 Å². The monoisotopic (exact) mass is 492 g/mol. The first-order valence-electron chi connectivity index (χ1n) is 11.5. The van der Waals surface area contributed by atoms with Crippen molar-refractivity contribution < 1.29 is 46.0 Å². The van der Waals surface area contributed by atoms with Gasteiger partial charge < -0.3 is 21.9 Å². The Hall–Kier alpha value is 3.06. The van der Waals surface area contributed by atoms with E-state index >= 15 is 0 Å². The Balaban J connectivity index is -0.00000578. The van der Waals surface area contributed by atoms with Crippen LogP contribution in [-0.4, -0.2) is 170 Å². The molecule has 2 unspecified atom stereocenters. The van der Waals surface area contributed by atoms with Crippen molar-refractivity contribution in [1.29, 1.82) is 0 Å². The Morgan fingerprint density at radius 2 is 0.811 bits per heavy atom. The molecular weight excluding hydrogens is 466 g/mol. The van der Waals surface area contributed by atoms with Gasteiger partial charge in [-0.25, -0.2) is 0 Å². The van der Waals surface area contributed by atoms with Gasteiger partial charge in [0.15, 0.2) is 16.6 Å². The Bertz CT molecular complexity index is 594. The summed E-state index contributed by atoms with van der Waals surface area (Å²) in [5.41, 5.74) is 0. The van der Waals surface area contributed by atoms with Gasteiger partial charge in [-0.05, 0) is 39.3 Å².